The van der Waals surface area contributed by atoms with Crippen molar-refractivity contribution in [1.82, 2.24) is 9.88 Å². The van der Waals surface area contributed by atoms with Gasteiger partial charge in [-0.15, -0.1) is 0 Å². The average Bonchev–Trinajstić information content (AvgIpc) is 2.76. The summed E-state index contributed by atoms with van der Waals surface area (Å²) in [5, 5.41) is 10.8. The molecule has 1 atom stereocenters. The molecule has 18 heavy (non-hydrogen) atoms. The highest BCUT2D eigenvalue weighted by Crippen LogP contribution is 2.20. The van der Waals surface area contributed by atoms with Crippen LogP contribution >= 0.6 is 0 Å². The summed E-state index contributed by atoms with van der Waals surface area (Å²) in [7, 11) is 0. The van der Waals surface area contributed by atoms with Gasteiger partial charge in [0.2, 0.25) is 0 Å². The van der Waals surface area contributed by atoms with Gasteiger partial charge in [-0.05, 0) is 38.5 Å². The van der Waals surface area contributed by atoms with Crippen LogP contribution in [-0.4, -0.2) is 33.7 Å². The minimum Gasteiger partial charge on any atom is -0.392 e. The first-order chi connectivity index (χ1) is 8.58. The Balaban J connectivity index is 2.22. The van der Waals surface area contributed by atoms with Crippen LogP contribution in [0.5, 0.6) is 0 Å². The van der Waals surface area contributed by atoms with E-state index < -0.39 is 0 Å². The molecule has 1 aromatic heterocycles. The summed E-state index contributed by atoms with van der Waals surface area (Å²) in [5.41, 5.74) is 2.48. The van der Waals surface area contributed by atoms with Crippen LogP contribution in [0.3, 0.4) is 0 Å². The maximum absolute atomic E-state index is 9.58. The van der Waals surface area contributed by atoms with Gasteiger partial charge in [0.05, 0.1) is 6.10 Å². The number of aliphatic hydroxyl groups is 1. The van der Waals surface area contributed by atoms with Crippen LogP contribution in [0.1, 0.15) is 26.3 Å². The number of aliphatic hydroxyl groups excluding tert-OH is 1. The molecule has 0 radical (unpaired) electrons. The zero-order valence-electron chi connectivity index (χ0n) is 11.4. The highest BCUT2D eigenvalue weighted by atomic mass is 16.3. The zero-order valence-corrected chi connectivity index (χ0v) is 11.4. The predicted octanol–water partition coefficient (Wildman–Crippen LogP) is 2.76. The number of benzene rings is 1. The maximum Gasteiger partial charge on any atom is 0.0639 e. The van der Waals surface area contributed by atoms with Gasteiger partial charge in [-0.3, -0.25) is 4.90 Å². The quantitative estimate of drug-likeness (QED) is 0.851. The smallest absolute Gasteiger partial charge is 0.0639 e. The summed E-state index contributed by atoms with van der Waals surface area (Å²) in [6.07, 6.45) is 1.68. The molecule has 3 heteroatoms. The highest BCUT2D eigenvalue weighted by molar-refractivity contribution is 5.82. The van der Waals surface area contributed by atoms with Gasteiger partial charge in [-0.1, -0.05) is 12.1 Å². The van der Waals surface area contributed by atoms with Crippen LogP contribution in [0.15, 0.2) is 30.5 Å². The van der Waals surface area contributed by atoms with Gasteiger partial charge in [0, 0.05) is 36.2 Å². The summed E-state index contributed by atoms with van der Waals surface area (Å²) < 4.78 is 0. The fourth-order valence-corrected chi connectivity index (χ4v) is 2.30. The van der Waals surface area contributed by atoms with Crippen LogP contribution in [-0.2, 0) is 6.54 Å². The number of fused-ring (bicyclic) bond motifs is 1. The van der Waals surface area contributed by atoms with Gasteiger partial charge < -0.3 is 10.1 Å². The number of nitrogens with zero attached hydrogens (tertiary/aromatic N) is 1. The number of aromatic nitrogens is 1. The Bertz CT molecular complexity index is 502. The second-order valence-corrected chi connectivity index (χ2v) is 5.23. The molecule has 2 aromatic rings. The van der Waals surface area contributed by atoms with Crippen molar-refractivity contribution in [3.05, 3.63) is 36.0 Å². The van der Waals surface area contributed by atoms with Crippen molar-refractivity contribution in [1.29, 1.82) is 0 Å². The molecular formula is C15H22N2O. The molecule has 0 saturated heterocycles. The first kappa shape index (κ1) is 13.1. The van der Waals surface area contributed by atoms with Crippen molar-refractivity contribution in [2.45, 2.75) is 39.5 Å². The van der Waals surface area contributed by atoms with E-state index in [9.17, 15) is 5.11 Å². The molecule has 0 fully saturated rings. The molecule has 0 amide bonds. The van der Waals surface area contributed by atoms with E-state index in [1.807, 2.05) is 13.1 Å². The normalized spacial score (nSPS) is 13.7. The van der Waals surface area contributed by atoms with E-state index in [1.54, 1.807) is 0 Å². The molecule has 0 aliphatic carbocycles. The third-order valence-corrected chi connectivity index (χ3v) is 3.29. The third-order valence-electron chi connectivity index (χ3n) is 3.29. The third kappa shape index (κ3) is 2.92. The standard InChI is InChI=1S/C15H22N2O/c1-11(2)17(9-12(3)18)10-13-5-4-6-15-14(13)7-8-16-15/h4-8,11-12,16,18H,9-10H2,1-3H3. The lowest BCUT2D eigenvalue weighted by Crippen LogP contribution is -2.36. The Labute approximate surface area is 108 Å². The van der Waals surface area contributed by atoms with Crippen molar-refractivity contribution < 1.29 is 5.11 Å². The molecule has 2 rings (SSSR count). The lowest BCUT2D eigenvalue weighted by Gasteiger charge is -2.28. The van der Waals surface area contributed by atoms with Gasteiger partial charge in [0.15, 0.2) is 0 Å². The van der Waals surface area contributed by atoms with Gasteiger partial charge in [0.25, 0.3) is 0 Å². The van der Waals surface area contributed by atoms with E-state index in [0.717, 1.165) is 6.54 Å². The molecule has 0 aliphatic heterocycles. The first-order valence-corrected chi connectivity index (χ1v) is 6.55. The minimum atomic E-state index is -0.294. The summed E-state index contributed by atoms with van der Waals surface area (Å²) >= 11 is 0. The lowest BCUT2D eigenvalue weighted by molar-refractivity contribution is 0.103. The van der Waals surface area contributed by atoms with Crippen molar-refractivity contribution >= 4 is 10.9 Å². The van der Waals surface area contributed by atoms with E-state index in [4.69, 9.17) is 0 Å². The van der Waals surface area contributed by atoms with Gasteiger partial charge in [-0.2, -0.15) is 0 Å². The van der Waals surface area contributed by atoms with Crippen LogP contribution in [0.25, 0.3) is 10.9 Å². The van der Waals surface area contributed by atoms with Crippen LogP contribution in [0.2, 0.25) is 0 Å². The van der Waals surface area contributed by atoms with E-state index in [2.05, 4.69) is 48.0 Å². The van der Waals surface area contributed by atoms with E-state index >= 15 is 0 Å². The molecule has 1 aromatic carbocycles. The molecule has 3 nitrogen and oxygen atoms in total. The Kier molecular flexibility index (Phi) is 4.04. The molecular weight excluding hydrogens is 224 g/mol. The average molecular weight is 246 g/mol. The van der Waals surface area contributed by atoms with Gasteiger partial charge >= 0.3 is 0 Å². The molecule has 0 saturated carbocycles. The highest BCUT2D eigenvalue weighted by Gasteiger charge is 2.14. The first-order valence-electron chi connectivity index (χ1n) is 6.55. The fraction of sp³-hybridized carbons (Fsp3) is 0.467. The molecule has 0 aliphatic rings. The fourth-order valence-electron chi connectivity index (χ4n) is 2.30. The number of H-pyrrole nitrogens is 1. The summed E-state index contributed by atoms with van der Waals surface area (Å²) in [4.78, 5) is 5.53. The minimum absolute atomic E-state index is 0.294. The van der Waals surface area contributed by atoms with Crippen molar-refractivity contribution in [2.24, 2.45) is 0 Å². The Morgan fingerprint density at radius 2 is 2.00 bits per heavy atom. The SMILES string of the molecule is CC(O)CN(Cc1cccc2[nH]ccc12)C(C)C. The molecule has 0 bridgehead atoms. The molecule has 2 N–H and O–H groups in total. The molecule has 1 heterocycles. The topological polar surface area (TPSA) is 39.3 Å². The largest absolute Gasteiger partial charge is 0.392 e. The number of aromatic amines is 1. The van der Waals surface area contributed by atoms with Gasteiger partial charge in [-0.25, -0.2) is 0 Å². The summed E-state index contributed by atoms with van der Waals surface area (Å²) in [6.45, 7) is 7.75. The van der Waals surface area contributed by atoms with Crippen molar-refractivity contribution in [3.63, 3.8) is 0 Å². The summed E-state index contributed by atoms with van der Waals surface area (Å²) in [6, 6.07) is 8.87. The number of hydrogen-bond acceptors (Lipinski definition) is 2. The number of rotatable bonds is 5. The Hall–Kier alpha value is -1.32. The monoisotopic (exact) mass is 246 g/mol. The van der Waals surface area contributed by atoms with Crippen molar-refractivity contribution in [3.8, 4) is 0 Å². The molecule has 98 valence electrons. The Morgan fingerprint density at radius 3 is 2.67 bits per heavy atom. The molecule has 0 spiro atoms. The van der Waals surface area contributed by atoms with E-state index in [-0.39, 0.29) is 6.10 Å². The van der Waals surface area contributed by atoms with Gasteiger partial charge in [0.1, 0.15) is 0 Å². The second-order valence-electron chi connectivity index (χ2n) is 5.23. The zero-order chi connectivity index (χ0) is 13.1. The maximum atomic E-state index is 9.58. The second kappa shape index (κ2) is 5.55. The van der Waals surface area contributed by atoms with Crippen LogP contribution in [0, 0.1) is 0 Å². The Morgan fingerprint density at radius 1 is 1.22 bits per heavy atom. The van der Waals surface area contributed by atoms with Crippen molar-refractivity contribution in [2.75, 3.05) is 6.54 Å². The molecule has 1 unspecified atom stereocenters. The van der Waals surface area contributed by atoms with E-state index in [1.165, 1.54) is 16.5 Å². The predicted molar refractivity (Wildman–Crippen MR) is 75.5 cm³/mol. The van der Waals surface area contributed by atoms with Crippen LogP contribution < -0.4 is 0 Å². The summed E-state index contributed by atoms with van der Waals surface area (Å²) in [5.74, 6) is 0. The number of nitrogens with one attached hydrogen (secondary N) is 1. The lowest BCUT2D eigenvalue weighted by atomic mass is 10.1. The number of hydrogen-bond donors (Lipinski definition) is 2. The van der Waals surface area contributed by atoms with E-state index in [0.29, 0.717) is 12.6 Å². The van der Waals surface area contributed by atoms with Crippen LogP contribution in [0.4, 0.5) is 0 Å².